The Kier molecular flexibility index (Phi) is 8.57. The number of amides is 1. The van der Waals surface area contributed by atoms with Gasteiger partial charge in [-0.15, -0.1) is 22.7 Å². The number of nitrogens with one attached hydrogen (secondary N) is 1. The van der Waals surface area contributed by atoms with Gasteiger partial charge < -0.3 is 14.8 Å². The number of carbonyl (C=O) groups is 3. The van der Waals surface area contributed by atoms with Crippen LogP contribution in [0.4, 0.5) is 5.00 Å². The highest BCUT2D eigenvalue weighted by Crippen LogP contribution is 2.41. The van der Waals surface area contributed by atoms with Gasteiger partial charge in [0.15, 0.2) is 0 Å². The molecule has 0 atom stereocenters. The summed E-state index contributed by atoms with van der Waals surface area (Å²) in [6.07, 6.45) is 1.50. The van der Waals surface area contributed by atoms with E-state index in [0.717, 1.165) is 37.6 Å². The highest BCUT2D eigenvalue weighted by molar-refractivity contribution is 8.00. The normalized spacial score (nSPS) is 10.9. The molecule has 11 heteroatoms. The number of aryl methyl sites for hydroxylation is 1. The van der Waals surface area contributed by atoms with E-state index in [0.29, 0.717) is 10.6 Å². The number of ether oxygens (including phenoxy) is 2. The van der Waals surface area contributed by atoms with E-state index in [1.54, 1.807) is 32.1 Å². The molecular weight excluding hydrogens is 531 g/mol. The van der Waals surface area contributed by atoms with Gasteiger partial charge in [0.25, 0.3) is 0 Å². The molecule has 4 rings (SSSR count). The van der Waals surface area contributed by atoms with Gasteiger partial charge in [0, 0.05) is 10.4 Å². The molecule has 1 N–H and O–H groups in total. The molecule has 0 spiro atoms. The molecular formula is C26H25N3O5S3. The third kappa shape index (κ3) is 5.68. The first-order valence-corrected chi connectivity index (χ1v) is 14.2. The second-order valence-corrected chi connectivity index (χ2v) is 11.0. The van der Waals surface area contributed by atoms with Crippen molar-refractivity contribution in [3.05, 3.63) is 57.5 Å². The molecule has 0 bridgehead atoms. The van der Waals surface area contributed by atoms with Crippen LogP contribution in [0.3, 0.4) is 0 Å². The van der Waals surface area contributed by atoms with E-state index in [9.17, 15) is 14.4 Å². The fraction of sp³-hybridized carbons (Fsp3) is 0.269. The van der Waals surface area contributed by atoms with Crippen LogP contribution in [0.5, 0.6) is 0 Å². The van der Waals surface area contributed by atoms with Crippen LogP contribution in [0.15, 0.2) is 41.7 Å². The smallest absolute Gasteiger partial charge is 0.348 e. The summed E-state index contributed by atoms with van der Waals surface area (Å²) in [7, 11) is 0. The van der Waals surface area contributed by atoms with Crippen LogP contribution in [0, 0.1) is 13.8 Å². The number of thiophene rings is 2. The molecule has 0 unspecified atom stereocenters. The Bertz CT molecular complexity index is 1460. The first-order valence-electron chi connectivity index (χ1n) is 11.5. The molecule has 8 nitrogen and oxygen atoms in total. The van der Waals surface area contributed by atoms with Crippen molar-refractivity contribution < 1.29 is 23.9 Å². The minimum atomic E-state index is -0.603. The Morgan fingerprint density at radius 1 is 0.973 bits per heavy atom. The Labute approximate surface area is 226 Å². The average Bonchev–Trinajstić information content (AvgIpc) is 3.39. The van der Waals surface area contributed by atoms with Gasteiger partial charge in [-0.3, -0.25) is 4.79 Å². The molecule has 3 aromatic heterocycles. The van der Waals surface area contributed by atoms with Crippen molar-refractivity contribution in [2.75, 3.05) is 24.3 Å². The lowest BCUT2D eigenvalue weighted by molar-refractivity contribution is -0.113. The third-order valence-corrected chi connectivity index (χ3v) is 8.56. The number of aromatic nitrogens is 2. The summed E-state index contributed by atoms with van der Waals surface area (Å²) in [5.74, 6) is -1.45. The van der Waals surface area contributed by atoms with Gasteiger partial charge in [0.05, 0.1) is 29.9 Å². The predicted octanol–water partition coefficient (Wildman–Crippen LogP) is 6.12. The third-order valence-electron chi connectivity index (χ3n) is 5.37. The van der Waals surface area contributed by atoms with Crippen LogP contribution in [-0.2, 0) is 14.3 Å². The number of hydrogen-bond donors (Lipinski definition) is 1. The molecule has 1 aromatic carbocycles. The van der Waals surface area contributed by atoms with Crippen LogP contribution >= 0.6 is 34.4 Å². The van der Waals surface area contributed by atoms with Gasteiger partial charge in [0.1, 0.15) is 26.1 Å². The van der Waals surface area contributed by atoms with E-state index in [-0.39, 0.29) is 40.3 Å². The second kappa shape index (κ2) is 11.8. The van der Waals surface area contributed by atoms with Gasteiger partial charge >= 0.3 is 11.9 Å². The van der Waals surface area contributed by atoms with Gasteiger partial charge in [0.2, 0.25) is 5.91 Å². The number of hydrogen-bond acceptors (Lipinski definition) is 10. The van der Waals surface area contributed by atoms with Crippen molar-refractivity contribution in [1.29, 1.82) is 0 Å². The number of benzene rings is 1. The van der Waals surface area contributed by atoms with Gasteiger partial charge in [-0.25, -0.2) is 19.6 Å². The maximum Gasteiger partial charge on any atom is 0.348 e. The van der Waals surface area contributed by atoms with E-state index >= 15 is 0 Å². The molecule has 0 saturated heterocycles. The molecule has 0 saturated carbocycles. The lowest BCUT2D eigenvalue weighted by Crippen LogP contribution is -2.16. The summed E-state index contributed by atoms with van der Waals surface area (Å²) in [5.41, 5.74) is 2.70. The van der Waals surface area contributed by atoms with Crippen LogP contribution < -0.4 is 5.32 Å². The molecule has 0 aliphatic carbocycles. The zero-order valence-electron chi connectivity index (χ0n) is 20.7. The van der Waals surface area contributed by atoms with E-state index in [1.807, 2.05) is 37.3 Å². The first kappa shape index (κ1) is 26.8. The van der Waals surface area contributed by atoms with Crippen molar-refractivity contribution in [3.63, 3.8) is 0 Å². The summed E-state index contributed by atoms with van der Waals surface area (Å²) in [6.45, 7) is 7.45. The largest absolute Gasteiger partial charge is 0.462 e. The number of anilines is 1. The monoisotopic (exact) mass is 555 g/mol. The van der Waals surface area contributed by atoms with Gasteiger partial charge in [-0.05, 0) is 38.8 Å². The topological polar surface area (TPSA) is 107 Å². The molecule has 0 aliphatic heterocycles. The summed E-state index contributed by atoms with van der Waals surface area (Å²) in [6, 6.07) is 10.0. The zero-order chi connectivity index (χ0) is 26.5. The SMILES string of the molecule is CCOC(=O)c1sc(NC(=O)CSc2ncnc3sc(C)c(-c4ccccc4)c23)c(C(=O)OCC)c1C. The van der Waals surface area contributed by atoms with Crippen molar-refractivity contribution in [2.45, 2.75) is 32.7 Å². The lowest BCUT2D eigenvalue weighted by atomic mass is 10.0. The van der Waals surface area contributed by atoms with Crippen LogP contribution in [0.1, 0.15) is 44.3 Å². The number of fused-ring (bicyclic) bond motifs is 1. The highest BCUT2D eigenvalue weighted by atomic mass is 32.2. The second-order valence-electron chi connectivity index (χ2n) is 7.80. The van der Waals surface area contributed by atoms with Crippen LogP contribution in [-0.4, -0.2) is 46.8 Å². The fourth-order valence-electron chi connectivity index (χ4n) is 3.82. The Balaban J connectivity index is 1.59. The number of esters is 2. The Morgan fingerprint density at radius 2 is 1.68 bits per heavy atom. The minimum Gasteiger partial charge on any atom is -0.462 e. The molecule has 4 aromatic rings. The van der Waals surface area contributed by atoms with Gasteiger partial charge in [-0.1, -0.05) is 42.1 Å². The molecule has 37 heavy (non-hydrogen) atoms. The molecule has 3 heterocycles. The number of rotatable bonds is 9. The maximum atomic E-state index is 13.0. The first-order chi connectivity index (χ1) is 17.8. The standard InChI is InChI=1S/C26H25N3O5S3/c1-5-33-25(31)18-14(3)21(26(32)34-6-2)37-24(18)29-17(30)12-35-22-20-19(16-10-8-7-9-11-16)15(4)36-23(20)28-13-27-22/h7-11,13H,5-6,12H2,1-4H3,(H,29,30). The van der Waals surface area contributed by atoms with E-state index < -0.39 is 11.9 Å². The molecule has 192 valence electrons. The molecule has 0 fully saturated rings. The summed E-state index contributed by atoms with van der Waals surface area (Å²) in [4.78, 5) is 49.1. The van der Waals surface area contributed by atoms with E-state index in [4.69, 9.17) is 9.47 Å². The fourth-order valence-corrected chi connectivity index (χ4v) is 6.80. The summed E-state index contributed by atoms with van der Waals surface area (Å²) < 4.78 is 10.3. The molecule has 0 aliphatic rings. The Morgan fingerprint density at radius 3 is 2.38 bits per heavy atom. The van der Waals surface area contributed by atoms with Crippen molar-refractivity contribution in [1.82, 2.24) is 9.97 Å². The lowest BCUT2D eigenvalue weighted by Gasteiger charge is -2.08. The molecule has 0 radical (unpaired) electrons. The summed E-state index contributed by atoms with van der Waals surface area (Å²) in [5, 5.41) is 4.66. The average molecular weight is 556 g/mol. The quantitative estimate of drug-likeness (QED) is 0.150. The molecule has 1 amide bonds. The van der Waals surface area contributed by atoms with Crippen molar-refractivity contribution in [3.8, 4) is 11.1 Å². The van der Waals surface area contributed by atoms with Crippen LogP contribution in [0.25, 0.3) is 21.3 Å². The van der Waals surface area contributed by atoms with E-state index in [1.165, 1.54) is 18.1 Å². The predicted molar refractivity (Wildman–Crippen MR) is 148 cm³/mol. The van der Waals surface area contributed by atoms with Crippen molar-refractivity contribution >= 4 is 67.5 Å². The minimum absolute atomic E-state index is 0.0448. The number of nitrogens with zero attached hydrogens (tertiary/aromatic N) is 2. The van der Waals surface area contributed by atoms with Crippen LogP contribution in [0.2, 0.25) is 0 Å². The van der Waals surface area contributed by atoms with E-state index in [2.05, 4.69) is 15.3 Å². The summed E-state index contributed by atoms with van der Waals surface area (Å²) >= 11 is 3.88. The number of carbonyl (C=O) groups excluding carboxylic acids is 3. The number of thioether (sulfide) groups is 1. The maximum absolute atomic E-state index is 13.0. The van der Waals surface area contributed by atoms with Gasteiger partial charge in [-0.2, -0.15) is 0 Å². The zero-order valence-corrected chi connectivity index (χ0v) is 23.2. The van der Waals surface area contributed by atoms with Crippen molar-refractivity contribution in [2.24, 2.45) is 0 Å². The highest BCUT2D eigenvalue weighted by Gasteiger charge is 2.27. The Hall–Kier alpha value is -3.28.